The number of hydrogen-bond acceptors (Lipinski definition) is 4. The third kappa shape index (κ3) is 6.91. The highest BCUT2D eigenvalue weighted by atomic mass is 32.2. The van der Waals surface area contributed by atoms with Crippen molar-refractivity contribution >= 4 is 21.6 Å². The number of sulfonamides is 1. The zero-order valence-corrected chi connectivity index (χ0v) is 19.8. The van der Waals surface area contributed by atoms with Crippen LogP contribution in [0.1, 0.15) is 36.2 Å². The first-order valence-corrected chi connectivity index (χ1v) is 12.4. The van der Waals surface area contributed by atoms with Gasteiger partial charge in [-0.25, -0.2) is 8.42 Å². The highest BCUT2D eigenvalue weighted by Crippen LogP contribution is 2.25. The van der Waals surface area contributed by atoms with Crippen molar-refractivity contribution in [2.45, 2.75) is 37.8 Å². The standard InChI is InChI=1S/C26H30N2O4S/c1-21(2)32-19-9-18-27-26(29)23-16-14-22(15-17-23)20-28(24-10-5-3-6-11-24)33(30,31)25-12-7-4-8-13-25/h3-8,10-17,21H,9,18-20H2,1-2H3,(H,27,29). The van der Waals surface area contributed by atoms with Gasteiger partial charge in [-0.15, -0.1) is 0 Å². The first-order valence-electron chi connectivity index (χ1n) is 11.0. The third-order valence-electron chi connectivity index (χ3n) is 4.98. The van der Waals surface area contributed by atoms with Crippen LogP contribution in [0.25, 0.3) is 0 Å². The number of amides is 1. The molecule has 3 aromatic rings. The number of anilines is 1. The summed E-state index contributed by atoms with van der Waals surface area (Å²) in [4.78, 5) is 12.6. The van der Waals surface area contributed by atoms with Gasteiger partial charge in [0.25, 0.3) is 15.9 Å². The van der Waals surface area contributed by atoms with E-state index in [1.54, 1.807) is 66.7 Å². The van der Waals surface area contributed by atoms with Crippen LogP contribution in [0.5, 0.6) is 0 Å². The molecule has 0 aliphatic heterocycles. The molecule has 3 rings (SSSR count). The summed E-state index contributed by atoms with van der Waals surface area (Å²) in [6.45, 7) is 5.23. The summed E-state index contributed by atoms with van der Waals surface area (Å²) in [6, 6.07) is 24.4. The molecule has 0 aromatic heterocycles. The number of carbonyl (C=O) groups is 1. The van der Waals surface area contributed by atoms with Crippen LogP contribution in [-0.2, 0) is 21.3 Å². The molecule has 0 unspecified atom stereocenters. The predicted molar refractivity (Wildman–Crippen MR) is 131 cm³/mol. The van der Waals surface area contributed by atoms with Gasteiger partial charge in [0.2, 0.25) is 0 Å². The van der Waals surface area contributed by atoms with E-state index in [-0.39, 0.29) is 23.5 Å². The highest BCUT2D eigenvalue weighted by Gasteiger charge is 2.25. The Hall–Kier alpha value is -3.16. The maximum atomic E-state index is 13.4. The van der Waals surface area contributed by atoms with Crippen molar-refractivity contribution in [2.24, 2.45) is 0 Å². The van der Waals surface area contributed by atoms with Crippen LogP contribution in [-0.4, -0.2) is 33.6 Å². The van der Waals surface area contributed by atoms with Crippen molar-refractivity contribution in [2.75, 3.05) is 17.5 Å². The van der Waals surface area contributed by atoms with Gasteiger partial charge in [-0.2, -0.15) is 0 Å². The van der Waals surface area contributed by atoms with Crippen LogP contribution in [0.15, 0.2) is 89.8 Å². The van der Waals surface area contributed by atoms with Crippen molar-refractivity contribution in [3.8, 4) is 0 Å². The maximum absolute atomic E-state index is 13.4. The van der Waals surface area contributed by atoms with Crippen LogP contribution >= 0.6 is 0 Å². The van der Waals surface area contributed by atoms with Crippen LogP contribution < -0.4 is 9.62 Å². The Morgan fingerprint density at radius 2 is 1.52 bits per heavy atom. The average molecular weight is 467 g/mol. The Labute approximate surface area is 196 Å². The molecule has 1 N–H and O–H groups in total. The normalized spacial score (nSPS) is 11.4. The molecule has 7 heteroatoms. The molecule has 0 saturated heterocycles. The molecule has 0 fully saturated rings. The van der Waals surface area contributed by atoms with Gasteiger partial charge >= 0.3 is 0 Å². The topological polar surface area (TPSA) is 75.7 Å². The molecule has 0 heterocycles. The molecule has 0 saturated carbocycles. The van der Waals surface area contributed by atoms with Crippen LogP contribution in [0, 0.1) is 0 Å². The van der Waals surface area contributed by atoms with Gasteiger partial charge in [0.1, 0.15) is 0 Å². The van der Waals surface area contributed by atoms with Gasteiger partial charge in [0.15, 0.2) is 0 Å². The fourth-order valence-corrected chi connectivity index (χ4v) is 4.73. The van der Waals surface area contributed by atoms with Gasteiger partial charge in [-0.05, 0) is 62.2 Å². The molecule has 33 heavy (non-hydrogen) atoms. The van der Waals surface area contributed by atoms with E-state index in [9.17, 15) is 13.2 Å². The SMILES string of the molecule is CC(C)OCCCNC(=O)c1ccc(CN(c2ccccc2)S(=O)(=O)c2ccccc2)cc1. The van der Waals surface area contributed by atoms with Crippen LogP contribution in [0.3, 0.4) is 0 Å². The first kappa shape index (κ1) is 24.5. The summed E-state index contributed by atoms with van der Waals surface area (Å²) in [6.07, 6.45) is 0.917. The summed E-state index contributed by atoms with van der Waals surface area (Å²) in [7, 11) is -3.76. The number of para-hydroxylation sites is 1. The number of nitrogens with zero attached hydrogens (tertiary/aromatic N) is 1. The van der Waals surface area contributed by atoms with Gasteiger partial charge in [-0.1, -0.05) is 48.5 Å². The Kier molecular flexibility index (Phi) is 8.63. The molecular weight excluding hydrogens is 436 g/mol. The zero-order valence-electron chi connectivity index (χ0n) is 19.0. The molecule has 6 nitrogen and oxygen atoms in total. The number of rotatable bonds is 11. The molecule has 174 valence electrons. The lowest BCUT2D eigenvalue weighted by molar-refractivity contribution is 0.0757. The monoisotopic (exact) mass is 466 g/mol. The van der Waals surface area contributed by atoms with E-state index in [1.807, 2.05) is 32.0 Å². The van der Waals surface area contributed by atoms with Crippen molar-refractivity contribution in [1.82, 2.24) is 5.32 Å². The van der Waals surface area contributed by atoms with E-state index in [2.05, 4.69) is 5.32 Å². The van der Waals surface area contributed by atoms with Gasteiger partial charge in [-0.3, -0.25) is 9.10 Å². The lowest BCUT2D eigenvalue weighted by atomic mass is 10.1. The molecule has 0 bridgehead atoms. The number of carbonyl (C=O) groups excluding carboxylic acids is 1. The van der Waals surface area contributed by atoms with Gasteiger partial charge in [0.05, 0.1) is 23.2 Å². The van der Waals surface area contributed by atoms with Crippen molar-refractivity contribution in [3.63, 3.8) is 0 Å². The van der Waals surface area contributed by atoms with Crippen molar-refractivity contribution in [1.29, 1.82) is 0 Å². The third-order valence-corrected chi connectivity index (χ3v) is 6.76. The minimum Gasteiger partial charge on any atom is -0.379 e. The second kappa shape index (κ2) is 11.6. The quantitative estimate of drug-likeness (QED) is 0.418. The first-order chi connectivity index (χ1) is 15.9. The molecule has 0 spiro atoms. The summed E-state index contributed by atoms with van der Waals surface area (Å²) < 4.78 is 33.6. The van der Waals surface area contributed by atoms with Crippen molar-refractivity contribution in [3.05, 3.63) is 96.1 Å². The Morgan fingerprint density at radius 3 is 2.12 bits per heavy atom. The maximum Gasteiger partial charge on any atom is 0.264 e. The number of ether oxygens (including phenoxy) is 1. The summed E-state index contributed by atoms with van der Waals surface area (Å²) >= 11 is 0. The Morgan fingerprint density at radius 1 is 0.909 bits per heavy atom. The van der Waals surface area contributed by atoms with Crippen LogP contribution in [0.4, 0.5) is 5.69 Å². The summed E-state index contributed by atoms with van der Waals surface area (Å²) in [5.74, 6) is -0.164. The Bertz CT molecular complexity index is 1120. The Balaban J connectivity index is 1.72. The smallest absolute Gasteiger partial charge is 0.264 e. The number of hydrogen-bond donors (Lipinski definition) is 1. The van der Waals surface area contributed by atoms with Gasteiger partial charge in [0, 0.05) is 18.7 Å². The minimum absolute atomic E-state index is 0.148. The van der Waals surface area contributed by atoms with E-state index in [0.717, 1.165) is 12.0 Å². The summed E-state index contributed by atoms with van der Waals surface area (Å²) in [5, 5.41) is 2.88. The highest BCUT2D eigenvalue weighted by molar-refractivity contribution is 7.92. The number of nitrogens with one attached hydrogen (secondary N) is 1. The second-order valence-corrected chi connectivity index (χ2v) is 9.75. The molecule has 0 aliphatic carbocycles. The fraction of sp³-hybridized carbons (Fsp3) is 0.269. The molecular formula is C26H30N2O4S. The van der Waals surface area contributed by atoms with E-state index in [1.165, 1.54) is 4.31 Å². The molecule has 3 aromatic carbocycles. The zero-order chi connectivity index (χ0) is 23.7. The molecule has 0 aliphatic rings. The minimum atomic E-state index is -3.76. The largest absolute Gasteiger partial charge is 0.379 e. The van der Waals surface area contributed by atoms with E-state index < -0.39 is 10.0 Å². The van der Waals surface area contributed by atoms with E-state index >= 15 is 0 Å². The fourth-order valence-electron chi connectivity index (χ4n) is 3.25. The molecule has 0 radical (unpaired) electrons. The number of benzene rings is 3. The predicted octanol–water partition coefficient (Wildman–Crippen LogP) is 4.63. The lowest BCUT2D eigenvalue weighted by Crippen LogP contribution is -2.30. The van der Waals surface area contributed by atoms with E-state index in [4.69, 9.17) is 4.74 Å². The van der Waals surface area contributed by atoms with Crippen molar-refractivity contribution < 1.29 is 17.9 Å². The average Bonchev–Trinajstić information content (AvgIpc) is 2.83. The van der Waals surface area contributed by atoms with Crippen LogP contribution in [0.2, 0.25) is 0 Å². The molecule has 0 atom stereocenters. The summed E-state index contributed by atoms with van der Waals surface area (Å²) in [5.41, 5.74) is 1.88. The lowest BCUT2D eigenvalue weighted by Gasteiger charge is -2.25. The van der Waals surface area contributed by atoms with E-state index in [0.29, 0.717) is 24.4 Å². The second-order valence-electron chi connectivity index (χ2n) is 7.89. The van der Waals surface area contributed by atoms with Gasteiger partial charge < -0.3 is 10.1 Å². The molecule has 1 amide bonds.